The zero-order chi connectivity index (χ0) is 14.8. The van der Waals surface area contributed by atoms with Crippen LogP contribution in [0.25, 0.3) is 0 Å². The minimum Gasteiger partial charge on any atom is -0.325 e. The number of hydrogen-bond donors (Lipinski definition) is 1. The van der Waals surface area contributed by atoms with Crippen molar-refractivity contribution in [3.05, 3.63) is 42.2 Å². The first-order valence-corrected chi connectivity index (χ1v) is 7.60. The molecule has 0 aliphatic rings. The Balaban J connectivity index is 2.11. The lowest BCUT2D eigenvalue weighted by molar-refractivity contribution is -0.113. The molecule has 0 atom stereocenters. The van der Waals surface area contributed by atoms with E-state index in [1.807, 2.05) is 13.0 Å². The summed E-state index contributed by atoms with van der Waals surface area (Å²) in [5.41, 5.74) is 1.56. The maximum atomic E-state index is 12.0. The average Bonchev–Trinajstić information content (AvgIpc) is 2.75. The van der Waals surface area contributed by atoms with E-state index in [9.17, 15) is 13.2 Å². The van der Waals surface area contributed by atoms with Crippen LogP contribution in [-0.2, 0) is 21.7 Å². The maximum Gasteiger partial charge on any atom is 0.240 e. The summed E-state index contributed by atoms with van der Waals surface area (Å²) in [7, 11) is -2.17. The Hall–Kier alpha value is -2.15. The topological polar surface area (TPSA) is 81.1 Å². The van der Waals surface area contributed by atoms with Crippen molar-refractivity contribution in [1.29, 1.82) is 0 Å². The molecule has 106 valence electrons. The Kier molecular flexibility index (Phi) is 3.89. The third-order valence-electron chi connectivity index (χ3n) is 2.68. The monoisotopic (exact) mass is 293 g/mol. The summed E-state index contributed by atoms with van der Waals surface area (Å²) >= 11 is 0. The van der Waals surface area contributed by atoms with Gasteiger partial charge >= 0.3 is 0 Å². The first kappa shape index (κ1) is 14.3. The number of anilines is 1. The highest BCUT2D eigenvalue weighted by molar-refractivity contribution is 7.92. The highest BCUT2D eigenvalue weighted by Crippen LogP contribution is 2.11. The van der Waals surface area contributed by atoms with Gasteiger partial charge in [0.15, 0.2) is 0 Å². The molecule has 0 bridgehead atoms. The van der Waals surface area contributed by atoms with E-state index in [4.69, 9.17) is 0 Å². The smallest absolute Gasteiger partial charge is 0.240 e. The van der Waals surface area contributed by atoms with Crippen LogP contribution in [0.5, 0.6) is 0 Å². The van der Waals surface area contributed by atoms with Gasteiger partial charge in [-0.05, 0) is 24.6 Å². The second-order valence-electron chi connectivity index (χ2n) is 4.50. The number of benzene rings is 1. The molecule has 2 rings (SSSR count). The van der Waals surface area contributed by atoms with Crippen LogP contribution in [-0.4, -0.2) is 29.6 Å². The maximum absolute atomic E-state index is 12.0. The number of nitrogens with zero attached hydrogens (tertiary/aromatic N) is 2. The molecule has 0 aliphatic heterocycles. The number of carbonyl (C=O) groups is 1. The molecule has 1 heterocycles. The summed E-state index contributed by atoms with van der Waals surface area (Å²) in [4.78, 5) is 15.6. The van der Waals surface area contributed by atoms with Gasteiger partial charge in [-0.25, -0.2) is 13.4 Å². The molecule has 1 N–H and O–H groups in total. The van der Waals surface area contributed by atoms with E-state index in [0.717, 1.165) is 5.56 Å². The van der Waals surface area contributed by atoms with Crippen molar-refractivity contribution in [2.75, 3.05) is 11.1 Å². The number of hydrogen-bond acceptors (Lipinski definition) is 4. The van der Waals surface area contributed by atoms with Crippen LogP contribution in [0.3, 0.4) is 0 Å². The third-order valence-corrected chi connectivity index (χ3v) is 4.27. The fourth-order valence-electron chi connectivity index (χ4n) is 1.81. The number of aryl methyl sites for hydroxylation is 2. The molecule has 0 saturated heterocycles. The molecular formula is C13H15N3O3S. The highest BCUT2D eigenvalue weighted by Gasteiger charge is 2.23. The van der Waals surface area contributed by atoms with Gasteiger partial charge in [-0.2, -0.15) is 0 Å². The predicted molar refractivity (Wildman–Crippen MR) is 75.1 cm³/mol. The summed E-state index contributed by atoms with van der Waals surface area (Å²) in [6.07, 6.45) is 2.90. The van der Waals surface area contributed by atoms with Crippen LogP contribution < -0.4 is 5.32 Å². The molecule has 6 nitrogen and oxygen atoms in total. The van der Waals surface area contributed by atoms with Gasteiger partial charge < -0.3 is 9.88 Å². The molecule has 0 unspecified atom stereocenters. The van der Waals surface area contributed by atoms with E-state index in [1.165, 1.54) is 17.0 Å². The van der Waals surface area contributed by atoms with Gasteiger partial charge in [0.05, 0.1) is 0 Å². The van der Waals surface area contributed by atoms with Crippen LogP contribution in [0.4, 0.5) is 5.69 Å². The summed E-state index contributed by atoms with van der Waals surface area (Å²) in [6.45, 7) is 1.89. The van der Waals surface area contributed by atoms with Crippen LogP contribution in [0, 0.1) is 6.92 Å². The largest absolute Gasteiger partial charge is 0.325 e. The van der Waals surface area contributed by atoms with Crippen LogP contribution in [0.2, 0.25) is 0 Å². The van der Waals surface area contributed by atoms with E-state index in [0.29, 0.717) is 5.69 Å². The lowest BCUT2D eigenvalue weighted by Gasteiger charge is -2.07. The van der Waals surface area contributed by atoms with Gasteiger partial charge in [-0.1, -0.05) is 12.1 Å². The molecular weight excluding hydrogens is 278 g/mol. The molecule has 1 aromatic carbocycles. The molecule has 0 spiro atoms. The Morgan fingerprint density at radius 1 is 1.40 bits per heavy atom. The molecule has 0 fully saturated rings. The van der Waals surface area contributed by atoms with Gasteiger partial charge in [0.25, 0.3) is 0 Å². The van der Waals surface area contributed by atoms with Crippen molar-refractivity contribution in [1.82, 2.24) is 9.55 Å². The SMILES string of the molecule is Cc1cccc(NC(=O)CS(=O)(=O)c2nccn2C)c1. The van der Waals surface area contributed by atoms with Crippen molar-refractivity contribution in [3.8, 4) is 0 Å². The summed E-state index contributed by atoms with van der Waals surface area (Å²) < 4.78 is 25.4. The number of sulfone groups is 1. The van der Waals surface area contributed by atoms with Gasteiger partial charge in [0.2, 0.25) is 20.9 Å². The zero-order valence-corrected chi connectivity index (χ0v) is 12.0. The Morgan fingerprint density at radius 2 is 2.15 bits per heavy atom. The van der Waals surface area contributed by atoms with Crippen molar-refractivity contribution >= 4 is 21.4 Å². The molecule has 20 heavy (non-hydrogen) atoms. The number of rotatable bonds is 4. The lowest BCUT2D eigenvalue weighted by Crippen LogP contribution is -2.24. The number of nitrogens with one attached hydrogen (secondary N) is 1. The van der Waals surface area contributed by atoms with E-state index >= 15 is 0 Å². The van der Waals surface area contributed by atoms with Gasteiger partial charge in [0, 0.05) is 25.1 Å². The lowest BCUT2D eigenvalue weighted by atomic mass is 10.2. The third kappa shape index (κ3) is 3.24. The number of aromatic nitrogens is 2. The summed E-state index contributed by atoms with van der Waals surface area (Å²) in [5, 5.41) is 2.45. The quantitative estimate of drug-likeness (QED) is 0.916. The second kappa shape index (κ2) is 5.46. The Labute approximate surface area is 117 Å². The molecule has 7 heteroatoms. The standard InChI is InChI=1S/C13H15N3O3S/c1-10-4-3-5-11(8-10)15-12(17)9-20(18,19)13-14-6-7-16(13)2/h3-8H,9H2,1-2H3,(H,15,17). The van der Waals surface area contributed by atoms with Crippen LogP contribution in [0.15, 0.2) is 41.8 Å². The van der Waals surface area contributed by atoms with Crippen molar-refractivity contribution in [3.63, 3.8) is 0 Å². The van der Waals surface area contributed by atoms with Gasteiger partial charge in [0.1, 0.15) is 5.75 Å². The van der Waals surface area contributed by atoms with Crippen molar-refractivity contribution in [2.24, 2.45) is 7.05 Å². The number of amides is 1. The van der Waals surface area contributed by atoms with E-state index in [1.54, 1.807) is 25.2 Å². The van der Waals surface area contributed by atoms with Gasteiger partial charge in [-0.3, -0.25) is 4.79 Å². The first-order chi connectivity index (χ1) is 9.38. The fraction of sp³-hybridized carbons (Fsp3) is 0.231. The summed E-state index contributed by atoms with van der Waals surface area (Å²) in [6, 6.07) is 7.15. The molecule has 1 amide bonds. The average molecular weight is 293 g/mol. The second-order valence-corrected chi connectivity index (χ2v) is 6.38. The molecule has 0 saturated carbocycles. The molecule has 1 aromatic heterocycles. The van der Waals surface area contributed by atoms with E-state index in [-0.39, 0.29) is 5.16 Å². The van der Waals surface area contributed by atoms with Crippen LogP contribution in [0.1, 0.15) is 5.56 Å². The number of imidazole rings is 1. The van der Waals surface area contributed by atoms with Crippen LogP contribution >= 0.6 is 0 Å². The van der Waals surface area contributed by atoms with E-state index < -0.39 is 21.5 Å². The zero-order valence-electron chi connectivity index (χ0n) is 11.2. The molecule has 2 aromatic rings. The Morgan fingerprint density at radius 3 is 2.75 bits per heavy atom. The minimum atomic E-state index is -3.74. The van der Waals surface area contributed by atoms with E-state index in [2.05, 4.69) is 10.3 Å². The highest BCUT2D eigenvalue weighted by atomic mass is 32.2. The van der Waals surface area contributed by atoms with Crippen molar-refractivity contribution < 1.29 is 13.2 Å². The normalized spacial score (nSPS) is 11.3. The Bertz CT molecular complexity index is 735. The first-order valence-electron chi connectivity index (χ1n) is 5.95. The fourth-order valence-corrected chi connectivity index (χ4v) is 3.08. The summed E-state index contributed by atoms with van der Waals surface area (Å²) in [5.74, 6) is -1.22. The molecule has 0 aliphatic carbocycles. The minimum absolute atomic E-state index is 0.114. The molecule has 0 radical (unpaired) electrons. The van der Waals surface area contributed by atoms with Gasteiger partial charge in [-0.15, -0.1) is 0 Å². The predicted octanol–water partition coefficient (Wildman–Crippen LogP) is 1.14. The van der Waals surface area contributed by atoms with Crippen molar-refractivity contribution in [2.45, 2.75) is 12.1 Å². The number of carbonyl (C=O) groups excluding carboxylic acids is 1.